The van der Waals surface area contributed by atoms with Crippen LogP contribution >= 0.6 is 12.6 Å². The third kappa shape index (κ3) is 2.12. The number of esters is 1. The summed E-state index contributed by atoms with van der Waals surface area (Å²) in [7, 11) is 1.10. The largest absolute Gasteiger partial charge is 0.465 e. The molecule has 7 heteroatoms. The standard InChI is InChI=1S/C9H6N2O4S/c1-15-9(12)7-3-6(16)2-5(4-10)8(7)11(13)14/h2-3,16H,1H3. The van der Waals surface area contributed by atoms with E-state index in [0.717, 1.165) is 7.11 Å². The number of rotatable bonds is 2. The van der Waals surface area contributed by atoms with Crippen LogP contribution in [0.3, 0.4) is 0 Å². The molecular formula is C9H6N2O4S. The van der Waals surface area contributed by atoms with Crippen molar-refractivity contribution < 1.29 is 14.5 Å². The molecule has 0 unspecified atom stereocenters. The van der Waals surface area contributed by atoms with Crippen molar-refractivity contribution in [1.82, 2.24) is 0 Å². The number of hydrogen-bond acceptors (Lipinski definition) is 6. The summed E-state index contributed by atoms with van der Waals surface area (Å²) in [6, 6.07) is 4.04. The summed E-state index contributed by atoms with van der Waals surface area (Å²) in [5.41, 5.74) is -1.07. The second-order valence-corrected chi connectivity index (χ2v) is 3.27. The number of nitrogens with zero attached hydrogens (tertiary/aromatic N) is 2. The van der Waals surface area contributed by atoms with Crippen LogP contribution in [-0.2, 0) is 4.74 Å². The number of thiol groups is 1. The molecule has 0 radical (unpaired) electrons. The summed E-state index contributed by atoms with van der Waals surface area (Å²) in [6.45, 7) is 0. The minimum atomic E-state index is -0.876. The van der Waals surface area contributed by atoms with Gasteiger partial charge in [0.1, 0.15) is 17.2 Å². The average molecular weight is 238 g/mol. The van der Waals surface area contributed by atoms with E-state index in [-0.39, 0.29) is 16.0 Å². The zero-order chi connectivity index (χ0) is 12.3. The molecule has 0 fully saturated rings. The van der Waals surface area contributed by atoms with Crippen molar-refractivity contribution >= 4 is 24.3 Å². The first-order valence-corrected chi connectivity index (χ1v) is 4.45. The van der Waals surface area contributed by atoms with E-state index in [4.69, 9.17) is 5.26 Å². The Labute approximate surface area is 96.0 Å². The second kappa shape index (κ2) is 4.63. The minimum Gasteiger partial charge on any atom is -0.465 e. The number of nitriles is 1. The van der Waals surface area contributed by atoms with Crippen LogP contribution in [0.1, 0.15) is 15.9 Å². The summed E-state index contributed by atoms with van der Waals surface area (Å²) < 4.78 is 4.39. The lowest BCUT2D eigenvalue weighted by Crippen LogP contribution is -2.07. The van der Waals surface area contributed by atoms with Crippen LogP contribution in [0, 0.1) is 21.4 Å². The van der Waals surface area contributed by atoms with Gasteiger partial charge in [-0.25, -0.2) is 4.79 Å². The van der Waals surface area contributed by atoms with Crippen molar-refractivity contribution in [1.29, 1.82) is 5.26 Å². The zero-order valence-electron chi connectivity index (χ0n) is 8.13. The van der Waals surface area contributed by atoms with Crippen molar-refractivity contribution in [3.05, 3.63) is 33.4 Å². The van der Waals surface area contributed by atoms with Crippen molar-refractivity contribution in [2.45, 2.75) is 4.90 Å². The molecule has 0 atom stereocenters. The number of carbonyl (C=O) groups is 1. The fourth-order valence-corrected chi connectivity index (χ4v) is 1.42. The first-order valence-electron chi connectivity index (χ1n) is 4.01. The molecule has 0 aliphatic heterocycles. The number of ether oxygens (including phenoxy) is 1. The monoisotopic (exact) mass is 238 g/mol. The summed E-state index contributed by atoms with van der Waals surface area (Å²) in [4.78, 5) is 21.5. The minimum absolute atomic E-state index is 0.224. The van der Waals surface area contributed by atoms with Gasteiger partial charge in [0.25, 0.3) is 0 Å². The Balaban J connectivity index is 3.58. The molecule has 1 aromatic rings. The van der Waals surface area contributed by atoms with Crippen molar-refractivity contribution in [2.24, 2.45) is 0 Å². The highest BCUT2D eigenvalue weighted by molar-refractivity contribution is 7.80. The Morgan fingerprint density at radius 1 is 1.62 bits per heavy atom. The van der Waals surface area contributed by atoms with Gasteiger partial charge in [0.05, 0.1) is 12.0 Å². The smallest absolute Gasteiger partial charge is 0.344 e. The van der Waals surface area contributed by atoms with E-state index >= 15 is 0 Å². The van der Waals surface area contributed by atoms with E-state index in [1.54, 1.807) is 6.07 Å². The molecule has 0 aromatic heterocycles. The molecule has 0 saturated carbocycles. The number of methoxy groups -OCH3 is 1. The maximum absolute atomic E-state index is 11.3. The van der Waals surface area contributed by atoms with Crippen LogP contribution < -0.4 is 0 Å². The maximum atomic E-state index is 11.3. The summed E-state index contributed by atoms with van der Waals surface area (Å²) >= 11 is 3.95. The lowest BCUT2D eigenvalue weighted by Gasteiger charge is -2.03. The van der Waals surface area contributed by atoms with E-state index in [1.807, 2.05) is 0 Å². The predicted molar refractivity (Wildman–Crippen MR) is 56.4 cm³/mol. The molecule has 0 saturated heterocycles. The number of carbonyl (C=O) groups excluding carboxylic acids is 1. The number of hydrogen-bond donors (Lipinski definition) is 1. The molecule has 0 N–H and O–H groups in total. The topological polar surface area (TPSA) is 93.2 Å². The highest BCUT2D eigenvalue weighted by Gasteiger charge is 2.26. The van der Waals surface area contributed by atoms with Gasteiger partial charge in [0.15, 0.2) is 0 Å². The molecule has 0 aliphatic carbocycles. The van der Waals surface area contributed by atoms with Crippen LogP contribution in [0.4, 0.5) is 5.69 Å². The van der Waals surface area contributed by atoms with E-state index in [9.17, 15) is 14.9 Å². The highest BCUT2D eigenvalue weighted by Crippen LogP contribution is 2.27. The average Bonchev–Trinajstić information content (AvgIpc) is 2.26. The first kappa shape index (κ1) is 12.0. The van der Waals surface area contributed by atoms with Crippen molar-refractivity contribution in [3.8, 4) is 6.07 Å². The normalized spacial score (nSPS) is 9.31. The van der Waals surface area contributed by atoms with Crippen LogP contribution in [0.25, 0.3) is 0 Å². The molecule has 0 amide bonds. The van der Waals surface area contributed by atoms with Gasteiger partial charge in [-0.3, -0.25) is 10.1 Å². The molecule has 1 rings (SSSR count). The van der Waals surface area contributed by atoms with Gasteiger partial charge in [-0.15, -0.1) is 12.6 Å². The Morgan fingerprint density at radius 2 is 2.25 bits per heavy atom. The third-order valence-electron chi connectivity index (χ3n) is 1.80. The summed E-state index contributed by atoms with van der Waals surface area (Å²) in [5.74, 6) is -0.876. The Bertz CT molecular complexity index is 507. The van der Waals surface area contributed by atoms with Crippen molar-refractivity contribution in [3.63, 3.8) is 0 Å². The molecule has 1 aromatic carbocycles. The van der Waals surface area contributed by atoms with Gasteiger partial charge in [-0.05, 0) is 12.1 Å². The van der Waals surface area contributed by atoms with E-state index in [2.05, 4.69) is 17.4 Å². The summed E-state index contributed by atoms with van der Waals surface area (Å²) in [5, 5.41) is 19.5. The Morgan fingerprint density at radius 3 is 2.69 bits per heavy atom. The summed E-state index contributed by atoms with van der Waals surface area (Å²) in [6.07, 6.45) is 0. The SMILES string of the molecule is COC(=O)c1cc(S)cc(C#N)c1[N+](=O)[O-]. The van der Waals surface area contributed by atoms with Gasteiger partial charge in [0, 0.05) is 4.90 Å². The number of benzene rings is 1. The fourth-order valence-electron chi connectivity index (χ4n) is 1.17. The first-order chi connectivity index (χ1) is 7.51. The molecule has 82 valence electrons. The van der Waals surface area contributed by atoms with Crippen LogP contribution in [0.2, 0.25) is 0 Å². The maximum Gasteiger partial charge on any atom is 0.344 e. The molecule has 0 spiro atoms. The van der Waals surface area contributed by atoms with Gasteiger partial charge >= 0.3 is 11.7 Å². The predicted octanol–water partition coefficient (Wildman–Crippen LogP) is 1.54. The second-order valence-electron chi connectivity index (χ2n) is 2.75. The number of nitro groups is 1. The van der Waals surface area contributed by atoms with Gasteiger partial charge < -0.3 is 4.74 Å². The van der Waals surface area contributed by atoms with Crippen LogP contribution in [-0.4, -0.2) is 18.0 Å². The third-order valence-corrected chi connectivity index (χ3v) is 2.06. The van der Waals surface area contributed by atoms with Crippen LogP contribution in [0.5, 0.6) is 0 Å². The van der Waals surface area contributed by atoms with Crippen molar-refractivity contribution in [2.75, 3.05) is 7.11 Å². The highest BCUT2D eigenvalue weighted by atomic mass is 32.1. The molecule has 0 heterocycles. The quantitative estimate of drug-likeness (QED) is 0.365. The van der Waals surface area contributed by atoms with Crippen LogP contribution in [0.15, 0.2) is 17.0 Å². The molecule has 0 aliphatic rings. The van der Waals surface area contributed by atoms with E-state index in [0.29, 0.717) is 0 Å². The van der Waals surface area contributed by atoms with Gasteiger partial charge in [0.2, 0.25) is 0 Å². The Hall–Kier alpha value is -2.07. The number of nitro benzene ring substituents is 1. The molecule has 0 bridgehead atoms. The lowest BCUT2D eigenvalue weighted by atomic mass is 10.1. The lowest BCUT2D eigenvalue weighted by molar-refractivity contribution is -0.385. The fraction of sp³-hybridized carbons (Fsp3) is 0.111. The molecule has 16 heavy (non-hydrogen) atoms. The van der Waals surface area contributed by atoms with E-state index < -0.39 is 16.6 Å². The Kier molecular flexibility index (Phi) is 3.48. The molecule has 6 nitrogen and oxygen atoms in total. The van der Waals surface area contributed by atoms with E-state index in [1.165, 1.54) is 12.1 Å². The van der Waals surface area contributed by atoms with Gasteiger partial charge in [-0.2, -0.15) is 5.26 Å². The zero-order valence-corrected chi connectivity index (χ0v) is 9.02. The molecular weight excluding hydrogens is 232 g/mol. The van der Waals surface area contributed by atoms with Gasteiger partial charge in [-0.1, -0.05) is 0 Å².